The van der Waals surface area contributed by atoms with Crippen LogP contribution in [0.15, 0.2) is 12.2 Å². The van der Waals surface area contributed by atoms with Crippen LogP contribution < -0.4 is 0 Å². The van der Waals surface area contributed by atoms with E-state index >= 15 is 0 Å². The third-order valence-electron chi connectivity index (χ3n) is 4.14. The van der Waals surface area contributed by atoms with Gasteiger partial charge in [-0.15, -0.1) is 0 Å². The third kappa shape index (κ3) is 1.95. The van der Waals surface area contributed by atoms with Crippen molar-refractivity contribution in [2.45, 2.75) is 51.4 Å². The van der Waals surface area contributed by atoms with Gasteiger partial charge in [0.05, 0.1) is 5.41 Å². The Morgan fingerprint density at radius 1 is 1.20 bits per heavy atom. The fourth-order valence-electron chi connectivity index (χ4n) is 3.20. The maximum atomic E-state index is 11.5. The summed E-state index contributed by atoms with van der Waals surface area (Å²) in [5, 5.41) is 9.51. The topological polar surface area (TPSA) is 37.3 Å². The maximum Gasteiger partial charge on any atom is 0.310 e. The van der Waals surface area contributed by atoms with Gasteiger partial charge in [-0.05, 0) is 38.0 Å². The zero-order valence-corrected chi connectivity index (χ0v) is 9.24. The second-order valence-corrected chi connectivity index (χ2v) is 4.99. The Morgan fingerprint density at radius 3 is 2.47 bits per heavy atom. The van der Waals surface area contributed by atoms with Crippen LogP contribution in [-0.2, 0) is 4.79 Å². The molecule has 0 aliphatic heterocycles. The summed E-state index contributed by atoms with van der Waals surface area (Å²) in [6.07, 6.45) is 12.9. The van der Waals surface area contributed by atoms with Crippen LogP contribution >= 0.6 is 0 Å². The van der Waals surface area contributed by atoms with Crippen molar-refractivity contribution >= 4 is 5.97 Å². The summed E-state index contributed by atoms with van der Waals surface area (Å²) < 4.78 is 0. The average Bonchev–Trinajstić information content (AvgIpc) is 2.31. The van der Waals surface area contributed by atoms with Crippen LogP contribution in [0.5, 0.6) is 0 Å². The van der Waals surface area contributed by atoms with Gasteiger partial charge in [0.15, 0.2) is 0 Å². The Kier molecular flexibility index (Phi) is 3.13. The fraction of sp³-hybridized carbons (Fsp3) is 0.769. The van der Waals surface area contributed by atoms with Gasteiger partial charge < -0.3 is 5.11 Å². The summed E-state index contributed by atoms with van der Waals surface area (Å²) in [6.45, 7) is 0. The lowest BCUT2D eigenvalue weighted by Crippen LogP contribution is -2.40. The molecule has 1 atom stereocenters. The van der Waals surface area contributed by atoms with Crippen molar-refractivity contribution in [1.82, 2.24) is 0 Å². The highest BCUT2D eigenvalue weighted by molar-refractivity contribution is 5.75. The van der Waals surface area contributed by atoms with Gasteiger partial charge in [0.1, 0.15) is 0 Å². The monoisotopic (exact) mass is 208 g/mol. The van der Waals surface area contributed by atoms with Crippen molar-refractivity contribution in [2.75, 3.05) is 0 Å². The van der Waals surface area contributed by atoms with Gasteiger partial charge in [-0.2, -0.15) is 0 Å². The highest BCUT2D eigenvalue weighted by Crippen LogP contribution is 2.46. The van der Waals surface area contributed by atoms with Crippen LogP contribution in [0.4, 0.5) is 0 Å². The highest BCUT2D eigenvalue weighted by Gasteiger charge is 2.45. The van der Waals surface area contributed by atoms with Crippen LogP contribution in [0.2, 0.25) is 0 Å². The molecule has 1 N–H and O–H groups in total. The summed E-state index contributed by atoms with van der Waals surface area (Å²) in [5.74, 6) is -0.261. The summed E-state index contributed by atoms with van der Waals surface area (Å²) >= 11 is 0. The summed E-state index contributed by atoms with van der Waals surface area (Å²) in [7, 11) is 0. The highest BCUT2D eigenvalue weighted by atomic mass is 16.4. The molecule has 2 aliphatic carbocycles. The molecule has 0 saturated heterocycles. The molecule has 0 amide bonds. The molecule has 2 rings (SSSR count). The van der Waals surface area contributed by atoms with E-state index in [1.807, 2.05) is 0 Å². The first-order valence-corrected chi connectivity index (χ1v) is 6.16. The van der Waals surface area contributed by atoms with Crippen LogP contribution in [0.25, 0.3) is 0 Å². The van der Waals surface area contributed by atoms with Gasteiger partial charge in [-0.3, -0.25) is 4.79 Å². The first-order chi connectivity index (χ1) is 7.26. The van der Waals surface area contributed by atoms with Crippen molar-refractivity contribution in [3.8, 4) is 0 Å². The molecule has 15 heavy (non-hydrogen) atoms. The Balaban J connectivity index is 2.20. The largest absolute Gasteiger partial charge is 0.481 e. The number of carboxylic acid groups (broad SMARTS) is 1. The Hall–Kier alpha value is -0.790. The second-order valence-electron chi connectivity index (χ2n) is 4.99. The quantitative estimate of drug-likeness (QED) is 0.706. The minimum Gasteiger partial charge on any atom is -0.481 e. The van der Waals surface area contributed by atoms with E-state index in [4.69, 9.17) is 0 Å². The molecule has 84 valence electrons. The summed E-state index contributed by atoms with van der Waals surface area (Å²) in [5.41, 5.74) is -0.421. The van der Waals surface area contributed by atoms with Gasteiger partial charge in [-0.1, -0.05) is 31.4 Å². The van der Waals surface area contributed by atoms with Crippen LogP contribution in [0.3, 0.4) is 0 Å². The Bertz CT molecular complexity index is 262. The lowest BCUT2D eigenvalue weighted by Gasteiger charge is -2.39. The predicted molar refractivity (Wildman–Crippen MR) is 59.6 cm³/mol. The van der Waals surface area contributed by atoms with E-state index in [1.165, 1.54) is 6.42 Å². The number of carboxylic acids is 1. The molecule has 0 spiro atoms. The molecule has 1 saturated carbocycles. The van der Waals surface area contributed by atoms with E-state index in [0.717, 1.165) is 44.9 Å². The van der Waals surface area contributed by atoms with E-state index in [1.54, 1.807) is 0 Å². The molecular formula is C13H20O2. The molecular weight excluding hydrogens is 188 g/mol. The van der Waals surface area contributed by atoms with E-state index < -0.39 is 11.4 Å². The zero-order chi connectivity index (χ0) is 10.7. The van der Waals surface area contributed by atoms with Crippen LogP contribution in [0, 0.1) is 11.3 Å². The molecule has 2 aliphatic rings. The Labute approximate surface area is 91.4 Å². The minimum atomic E-state index is -0.557. The predicted octanol–water partition coefficient (Wildman–Crippen LogP) is 3.38. The van der Waals surface area contributed by atoms with Gasteiger partial charge >= 0.3 is 5.97 Å². The lowest BCUT2D eigenvalue weighted by molar-refractivity contribution is -0.154. The van der Waals surface area contributed by atoms with Crippen molar-refractivity contribution in [2.24, 2.45) is 11.3 Å². The van der Waals surface area contributed by atoms with Crippen molar-refractivity contribution in [3.63, 3.8) is 0 Å². The molecule has 2 nitrogen and oxygen atoms in total. The van der Waals surface area contributed by atoms with Crippen LogP contribution in [-0.4, -0.2) is 11.1 Å². The van der Waals surface area contributed by atoms with Crippen molar-refractivity contribution in [3.05, 3.63) is 12.2 Å². The molecule has 0 heterocycles. The molecule has 0 aromatic heterocycles. The number of carbonyl (C=O) groups is 1. The standard InChI is InChI=1S/C13H20O2/c14-12(15)13(9-5-2-6-10-13)11-7-3-1-4-8-11/h3,7,11H,1-2,4-6,8-10H2,(H,14,15). The zero-order valence-electron chi connectivity index (χ0n) is 9.24. The van der Waals surface area contributed by atoms with E-state index in [-0.39, 0.29) is 0 Å². The van der Waals surface area contributed by atoms with E-state index in [9.17, 15) is 9.90 Å². The summed E-state index contributed by atoms with van der Waals surface area (Å²) in [4.78, 5) is 11.5. The van der Waals surface area contributed by atoms with E-state index in [0.29, 0.717) is 5.92 Å². The number of rotatable bonds is 2. The maximum absolute atomic E-state index is 11.5. The SMILES string of the molecule is O=C(O)C1(C2C=CCCC2)CCCCC1. The van der Waals surface area contributed by atoms with Gasteiger partial charge in [0, 0.05) is 0 Å². The molecule has 0 aromatic rings. The molecule has 1 unspecified atom stereocenters. The smallest absolute Gasteiger partial charge is 0.310 e. The molecule has 0 bridgehead atoms. The molecule has 1 fully saturated rings. The van der Waals surface area contributed by atoms with E-state index in [2.05, 4.69) is 12.2 Å². The lowest BCUT2D eigenvalue weighted by atomic mass is 9.63. The molecule has 2 heteroatoms. The van der Waals surface area contributed by atoms with Crippen molar-refractivity contribution in [1.29, 1.82) is 0 Å². The minimum absolute atomic E-state index is 0.295. The first-order valence-electron chi connectivity index (χ1n) is 6.16. The normalized spacial score (nSPS) is 30.0. The first kappa shape index (κ1) is 10.7. The summed E-state index contributed by atoms with van der Waals surface area (Å²) in [6, 6.07) is 0. The van der Waals surface area contributed by atoms with Gasteiger partial charge in [0.2, 0.25) is 0 Å². The molecule has 0 radical (unpaired) electrons. The third-order valence-corrected chi connectivity index (χ3v) is 4.14. The fourth-order valence-corrected chi connectivity index (χ4v) is 3.20. The number of hydrogen-bond acceptors (Lipinski definition) is 1. The number of aliphatic carboxylic acids is 1. The number of hydrogen-bond donors (Lipinski definition) is 1. The average molecular weight is 208 g/mol. The second kappa shape index (κ2) is 4.38. The van der Waals surface area contributed by atoms with Gasteiger partial charge in [0.25, 0.3) is 0 Å². The Morgan fingerprint density at radius 2 is 1.93 bits per heavy atom. The van der Waals surface area contributed by atoms with Crippen LogP contribution in [0.1, 0.15) is 51.4 Å². The van der Waals surface area contributed by atoms with Gasteiger partial charge in [-0.25, -0.2) is 0 Å². The number of allylic oxidation sites excluding steroid dienone is 2. The molecule has 0 aromatic carbocycles. The van der Waals surface area contributed by atoms with Crippen molar-refractivity contribution < 1.29 is 9.90 Å².